The molecule has 3 heteroatoms. The van der Waals surface area contributed by atoms with Gasteiger partial charge in [0.15, 0.2) is 0 Å². The van der Waals surface area contributed by atoms with Crippen LogP contribution in [0.15, 0.2) is 0 Å². The standard InChI is InChI=1S/C6H9NO2/c1-4-2-6(9)7-5(4)3-8/h3-5H,2H2,1H3,(H,7,9)/t4-,5+/m0/s1. The van der Waals surface area contributed by atoms with Crippen LogP contribution in [0.4, 0.5) is 0 Å². The van der Waals surface area contributed by atoms with E-state index in [4.69, 9.17) is 0 Å². The Kier molecular flexibility index (Phi) is 1.51. The third-order valence-electron chi connectivity index (χ3n) is 1.59. The minimum Gasteiger partial charge on any atom is -0.346 e. The SMILES string of the molecule is C[C@H]1CC(=O)N[C@@H]1C=O. The largest absolute Gasteiger partial charge is 0.346 e. The second-order valence-corrected chi connectivity index (χ2v) is 2.41. The van der Waals surface area contributed by atoms with E-state index in [0.717, 1.165) is 6.29 Å². The van der Waals surface area contributed by atoms with E-state index in [1.54, 1.807) is 0 Å². The number of hydrogen-bond acceptors (Lipinski definition) is 2. The molecule has 1 N–H and O–H groups in total. The first-order chi connectivity index (χ1) is 4.24. The number of nitrogens with one attached hydrogen (secondary N) is 1. The molecule has 1 saturated heterocycles. The molecule has 9 heavy (non-hydrogen) atoms. The van der Waals surface area contributed by atoms with E-state index >= 15 is 0 Å². The Bertz CT molecular complexity index is 144. The lowest BCUT2D eigenvalue weighted by molar-refractivity contribution is -0.120. The fourth-order valence-electron chi connectivity index (χ4n) is 0.975. The van der Waals surface area contributed by atoms with Crippen LogP contribution in [0.2, 0.25) is 0 Å². The maximum atomic E-state index is 10.6. The number of rotatable bonds is 1. The van der Waals surface area contributed by atoms with Gasteiger partial charge in [-0.05, 0) is 5.92 Å². The molecule has 0 radical (unpaired) electrons. The first-order valence-corrected chi connectivity index (χ1v) is 2.98. The third kappa shape index (κ3) is 1.09. The van der Waals surface area contributed by atoms with Crippen LogP contribution in [0, 0.1) is 5.92 Å². The molecule has 0 aliphatic carbocycles. The average Bonchev–Trinajstić information content (AvgIpc) is 2.10. The van der Waals surface area contributed by atoms with Gasteiger partial charge in [-0.1, -0.05) is 6.92 Å². The summed E-state index contributed by atoms with van der Waals surface area (Å²) in [7, 11) is 0. The van der Waals surface area contributed by atoms with Crippen LogP contribution in [0.25, 0.3) is 0 Å². The summed E-state index contributed by atoms with van der Waals surface area (Å²) in [6, 6.07) is -0.238. The van der Waals surface area contributed by atoms with E-state index in [0.29, 0.717) is 6.42 Å². The Morgan fingerprint density at radius 1 is 1.78 bits per heavy atom. The highest BCUT2D eigenvalue weighted by Gasteiger charge is 2.27. The van der Waals surface area contributed by atoms with Crippen molar-refractivity contribution in [3.63, 3.8) is 0 Å². The van der Waals surface area contributed by atoms with Gasteiger partial charge >= 0.3 is 0 Å². The molecule has 1 aliphatic heterocycles. The Balaban J connectivity index is 2.57. The van der Waals surface area contributed by atoms with Crippen molar-refractivity contribution in [2.45, 2.75) is 19.4 Å². The summed E-state index contributed by atoms with van der Waals surface area (Å²) in [6.07, 6.45) is 1.28. The van der Waals surface area contributed by atoms with Crippen molar-refractivity contribution in [3.05, 3.63) is 0 Å². The first-order valence-electron chi connectivity index (χ1n) is 2.98. The quantitative estimate of drug-likeness (QED) is 0.492. The lowest BCUT2D eigenvalue weighted by atomic mass is 10.1. The molecule has 1 rings (SSSR count). The molecule has 0 unspecified atom stereocenters. The van der Waals surface area contributed by atoms with Gasteiger partial charge in [0, 0.05) is 6.42 Å². The molecule has 1 heterocycles. The van der Waals surface area contributed by atoms with Gasteiger partial charge in [-0.2, -0.15) is 0 Å². The lowest BCUT2D eigenvalue weighted by Crippen LogP contribution is -2.29. The van der Waals surface area contributed by atoms with Crippen LogP contribution in [-0.4, -0.2) is 18.2 Å². The van der Waals surface area contributed by atoms with E-state index in [-0.39, 0.29) is 17.9 Å². The van der Waals surface area contributed by atoms with Crippen molar-refractivity contribution < 1.29 is 9.59 Å². The van der Waals surface area contributed by atoms with Crippen molar-refractivity contribution >= 4 is 12.2 Å². The minimum absolute atomic E-state index is 0.0143. The van der Waals surface area contributed by atoms with Gasteiger partial charge in [0.05, 0.1) is 6.04 Å². The minimum atomic E-state index is -0.238. The Morgan fingerprint density at radius 3 is 2.67 bits per heavy atom. The highest BCUT2D eigenvalue weighted by atomic mass is 16.2. The molecule has 1 fully saturated rings. The van der Waals surface area contributed by atoms with E-state index in [1.807, 2.05) is 6.92 Å². The molecular formula is C6H9NO2. The fraction of sp³-hybridized carbons (Fsp3) is 0.667. The van der Waals surface area contributed by atoms with Gasteiger partial charge in [-0.3, -0.25) is 4.79 Å². The molecule has 0 bridgehead atoms. The molecule has 0 saturated carbocycles. The number of carbonyl (C=O) groups excluding carboxylic acids is 2. The van der Waals surface area contributed by atoms with E-state index in [2.05, 4.69) is 5.32 Å². The second-order valence-electron chi connectivity index (χ2n) is 2.41. The summed E-state index contributed by atoms with van der Waals surface area (Å²) < 4.78 is 0. The van der Waals surface area contributed by atoms with Crippen LogP contribution in [-0.2, 0) is 9.59 Å². The van der Waals surface area contributed by atoms with Crippen molar-refractivity contribution in [1.29, 1.82) is 0 Å². The molecule has 2 atom stereocenters. The molecule has 0 aromatic rings. The number of amides is 1. The summed E-state index contributed by atoms with van der Waals surface area (Å²) >= 11 is 0. The highest BCUT2D eigenvalue weighted by Crippen LogP contribution is 2.12. The van der Waals surface area contributed by atoms with E-state index < -0.39 is 0 Å². The number of aldehydes is 1. The van der Waals surface area contributed by atoms with Crippen LogP contribution >= 0.6 is 0 Å². The maximum Gasteiger partial charge on any atom is 0.220 e. The summed E-state index contributed by atoms with van der Waals surface area (Å²) in [5, 5.41) is 2.55. The summed E-state index contributed by atoms with van der Waals surface area (Å²) in [6.45, 7) is 1.89. The lowest BCUT2D eigenvalue weighted by Gasteiger charge is -2.03. The summed E-state index contributed by atoms with van der Waals surface area (Å²) in [4.78, 5) is 20.7. The van der Waals surface area contributed by atoms with E-state index in [9.17, 15) is 9.59 Å². The predicted octanol–water partition coefficient (Wildman–Crippen LogP) is -0.290. The normalized spacial score (nSPS) is 34.1. The zero-order valence-corrected chi connectivity index (χ0v) is 5.26. The van der Waals surface area contributed by atoms with Crippen molar-refractivity contribution in [3.8, 4) is 0 Å². The van der Waals surface area contributed by atoms with Gasteiger partial charge in [-0.25, -0.2) is 0 Å². The smallest absolute Gasteiger partial charge is 0.220 e. The van der Waals surface area contributed by atoms with Crippen molar-refractivity contribution in [1.82, 2.24) is 5.32 Å². The molecule has 0 spiro atoms. The third-order valence-corrected chi connectivity index (χ3v) is 1.59. The first kappa shape index (κ1) is 6.26. The summed E-state index contributed by atoms with van der Waals surface area (Å²) in [5.41, 5.74) is 0. The average molecular weight is 127 g/mol. The monoisotopic (exact) mass is 127 g/mol. The molecular weight excluding hydrogens is 118 g/mol. The van der Waals surface area contributed by atoms with Crippen molar-refractivity contribution in [2.24, 2.45) is 5.92 Å². The predicted molar refractivity (Wildman–Crippen MR) is 31.8 cm³/mol. The van der Waals surface area contributed by atoms with E-state index in [1.165, 1.54) is 0 Å². The Morgan fingerprint density at radius 2 is 2.44 bits per heavy atom. The number of hydrogen-bond donors (Lipinski definition) is 1. The summed E-state index contributed by atoms with van der Waals surface area (Å²) in [5.74, 6) is 0.162. The van der Waals surface area contributed by atoms with Gasteiger partial charge in [0.2, 0.25) is 5.91 Å². The van der Waals surface area contributed by atoms with Crippen LogP contribution in [0.1, 0.15) is 13.3 Å². The number of carbonyl (C=O) groups is 2. The second kappa shape index (κ2) is 2.17. The van der Waals surface area contributed by atoms with Gasteiger partial charge in [0.1, 0.15) is 6.29 Å². The highest BCUT2D eigenvalue weighted by molar-refractivity contribution is 5.83. The van der Waals surface area contributed by atoms with Crippen LogP contribution < -0.4 is 5.32 Å². The Labute approximate surface area is 53.4 Å². The molecule has 1 aliphatic rings. The van der Waals surface area contributed by atoms with Gasteiger partial charge in [0.25, 0.3) is 0 Å². The van der Waals surface area contributed by atoms with Gasteiger partial charge in [-0.15, -0.1) is 0 Å². The molecule has 0 aromatic carbocycles. The zero-order valence-electron chi connectivity index (χ0n) is 5.26. The fourth-order valence-corrected chi connectivity index (χ4v) is 0.975. The zero-order chi connectivity index (χ0) is 6.85. The van der Waals surface area contributed by atoms with Gasteiger partial charge < -0.3 is 10.1 Å². The molecule has 3 nitrogen and oxygen atoms in total. The van der Waals surface area contributed by atoms with Crippen LogP contribution in [0.3, 0.4) is 0 Å². The molecule has 0 aromatic heterocycles. The topological polar surface area (TPSA) is 46.2 Å². The molecule has 50 valence electrons. The van der Waals surface area contributed by atoms with Crippen LogP contribution in [0.5, 0.6) is 0 Å². The Hall–Kier alpha value is -0.860. The van der Waals surface area contributed by atoms with Crippen molar-refractivity contribution in [2.75, 3.05) is 0 Å². The maximum absolute atomic E-state index is 10.6. The molecule has 1 amide bonds.